The van der Waals surface area contributed by atoms with E-state index in [1.165, 1.54) is 0 Å². The molecule has 0 aromatic rings. The normalized spacial score (nSPS) is 36.7. The summed E-state index contributed by atoms with van der Waals surface area (Å²) in [5, 5.41) is 16.3. The molecule has 1 heterocycles. The Kier molecular flexibility index (Phi) is 5.49. The molecule has 140 valence electrons. The number of carbonyl (C=O) groups excluding carboxylic acids is 1. The summed E-state index contributed by atoms with van der Waals surface area (Å²) < 4.78 is 0. The van der Waals surface area contributed by atoms with Crippen LogP contribution in [-0.4, -0.2) is 41.6 Å². The first-order valence-corrected chi connectivity index (χ1v) is 9.54. The predicted octanol–water partition coefficient (Wildman–Crippen LogP) is 1.30. The van der Waals surface area contributed by atoms with Crippen molar-refractivity contribution in [2.24, 2.45) is 28.5 Å². The standard InChI is InChI=1S/C19H32N4O2/c1-12-7-17(22-15-4-3-13(8-15)11-25)23-18(21-12)10-19(2,20)16-9-14(16)5-6-24/h6-7,13-16,18,21,25H,3-5,8-11,20H2,1-2H3,(H,22,23)/t13?,14-,15?,16?,18?,19+/m0/s1. The van der Waals surface area contributed by atoms with Crippen LogP contribution in [0, 0.1) is 17.8 Å². The zero-order valence-corrected chi connectivity index (χ0v) is 15.4. The minimum Gasteiger partial charge on any atom is -0.396 e. The van der Waals surface area contributed by atoms with E-state index < -0.39 is 0 Å². The lowest BCUT2D eigenvalue weighted by atomic mass is 9.89. The second-order valence-corrected chi connectivity index (χ2v) is 8.42. The van der Waals surface area contributed by atoms with Gasteiger partial charge in [0.2, 0.25) is 0 Å². The van der Waals surface area contributed by atoms with Crippen molar-refractivity contribution in [2.45, 2.75) is 70.1 Å². The maximum Gasteiger partial charge on any atom is 0.125 e. The van der Waals surface area contributed by atoms with E-state index in [0.29, 0.717) is 30.2 Å². The topological polar surface area (TPSA) is 99.7 Å². The van der Waals surface area contributed by atoms with Gasteiger partial charge in [0.1, 0.15) is 18.3 Å². The molecule has 25 heavy (non-hydrogen) atoms. The molecule has 2 fully saturated rings. The number of aliphatic hydroxyl groups excluding tert-OH is 1. The molecule has 0 saturated heterocycles. The van der Waals surface area contributed by atoms with E-state index in [0.717, 1.165) is 49.9 Å². The van der Waals surface area contributed by atoms with Crippen LogP contribution in [0.25, 0.3) is 0 Å². The number of allylic oxidation sites excluding steroid dienone is 1. The Morgan fingerprint density at radius 2 is 2.28 bits per heavy atom. The number of hydrogen-bond acceptors (Lipinski definition) is 6. The van der Waals surface area contributed by atoms with Gasteiger partial charge < -0.3 is 26.3 Å². The van der Waals surface area contributed by atoms with Crippen molar-refractivity contribution >= 4 is 12.1 Å². The fraction of sp³-hybridized carbons (Fsp3) is 0.789. The largest absolute Gasteiger partial charge is 0.396 e. The van der Waals surface area contributed by atoms with Crippen molar-refractivity contribution in [3.63, 3.8) is 0 Å². The van der Waals surface area contributed by atoms with E-state index in [9.17, 15) is 9.90 Å². The molecule has 2 saturated carbocycles. The number of nitrogens with one attached hydrogen (secondary N) is 2. The molecule has 5 N–H and O–H groups in total. The molecular formula is C19H32N4O2. The number of hydrogen-bond donors (Lipinski definition) is 4. The Balaban J connectivity index is 1.58. The summed E-state index contributed by atoms with van der Waals surface area (Å²) in [5.41, 5.74) is 7.35. The number of aliphatic hydroxyl groups is 1. The van der Waals surface area contributed by atoms with Crippen LogP contribution in [0.1, 0.15) is 52.4 Å². The van der Waals surface area contributed by atoms with E-state index in [1.54, 1.807) is 0 Å². The van der Waals surface area contributed by atoms with Crippen molar-refractivity contribution in [3.05, 3.63) is 11.8 Å². The summed E-state index contributed by atoms with van der Waals surface area (Å²) >= 11 is 0. The Morgan fingerprint density at radius 1 is 1.48 bits per heavy atom. The van der Waals surface area contributed by atoms with Crippen LogP contribution < -0.4 is 16.4 Å². The van der Waals surface area contributed by atoms with E-state index >= 15 is 0 Å². The summed E-state index contributed by atoms with van der Waals surface area (Å²) in [6, 6.07) is 0.392. The molecule has 0 spiro atoms. The minimum absolute atomic E-state index is 0.0324. The first kappa shape index (κ1) is 18.4. The van der Waals surface area contributed by atoms with Crippen molar-refractivity contribution in [1.82, 2.24) is 10.6 Å². The number of carbonyl (C=O) groups is 1. The van der Waals surface area contributed by atoms with Crippen molar-refractivity contribution in [3.8, 4) is 0 Å². The summed E-state index contributed by atoms with van der Waals surface area (Å²) in [6.45, 7) is 4.41. The average Bonchev–Trinajstić information content (AvgIpc) is 3.17. The zero-order chi connectivity index (χ0) is 18.0. The highest BCUT2D eigenvalue weighted by atomic mass is 16.3. The summed E-state index contributed by atoms with van der Waals surface area (Å²) in [4.78, 5) is 15.5. The van der Waals surface area contributed by atoms with Gasteiger partial charge in [-0.25, -0.2) is 4.99 Å². The highest BCUT2D eigenvalue weighted by molar-refractivity contribution is 5.94. The van der Waals surface area contributed by atoms with Gasteiger partial charge in [-0.2, -0.15) is 0 Å². The van der Waals surface area contributed by atoms with Gasteiger partial charge in [0.15, 0.2) is 0 Å². The average molecular weight is 348 g/mol. The number of aliphatic imine (C=N–C) groups is 1. The molecule has 2 aliphatic carbocycles. The van der Waals surface area contributed by atoms with Gasteiger partial charge in [0, 0.05) is 36.7 Å². The van der Waals surface area contributed by atoms with Gasteiger partial charge in [-0.1, -0.05) is 0 Å². The second-order valence-electron chi connectivity index (χ2n) is 8.42. The first-order valence-electron chi connectivity index (χ1n) is 9.54. The SMILES string of the molecule is CC1=CC(NC2CCC(CO)C2)=NC(C[C@@](C)(N)C2C[C@@H]2CC=O)N1. The molecule has 0 aromatic heterocycles. The number of nitrogens with two attached hydrogens (primary N) is 1. The van der Waals surface area contributed by atoms with Crippen LogP contribution in [0.2, 0.25) is 0 Å². The summed E-state index contributed by atoms with van der Waals surface area (Å²) in [7, 11) is 0. The third kappa shape index (κ3) is 4.61. The predicted molar refractivity (Wildman–Crippen MR) is 99.0 cm³/mol. The van der Waals surface area contributed by atoms with Crippen LogP contribution in [-0.2, 0) is 4.79 Å². The Bertz CT molecular complexity index is 558. The zero-order valence-electron chi connectivity index (χ0n) is 15.4. The van der Waals surface area contributed by atoms with E-state index in [1.807, 2.05) is 6.08 Å². The molecule has 3 aliphatic rings. The molecule has 0 amide bonds. The van der Waals surface area contributed by atoms with Gasteiger partial charge in [-0.05, 0) is 63.4 Å². The van der Waals surface area contributed by atoms with Gasteiger partial charge in [-0.15, -0.1) is 0 Å². The molecule has 6 atom stereocenters. The maximum atomic E-state index is 10.7. The smallest absolute Gasteiger partial charge is 0.125 e. The summed E-state index contributed by atoms with van der Waals surface area (Å²) in [5.74, 6) is 2.19. The van der Waals surface area contributed by atoms with Crippen molar-refractivity contribution < 1.29 is 9.90 Å². The number of amidine groups is 1. The Labute approximate surface area is 150 Å². The maximum absolute atomic E-state index is 10.7. The number of nitrogens with zero attached hydrogens (tertiary/aromatic N) is 1. The molecular weight excluding hydrogens is 316 g/mol. The second kappa shape index (κ2) is 7.46. The molecule has 6 heteroatoms. The molecule has 0 aromatic carbocycles. The van der Waals surface area contributed by atoms with Gasteiger partial charge in [0.05, 0.1) is 0 Å². The van der Waals surface area contributed by atoms with Crippen molar-refractivity contribution in [1.29, 1.82) is 0 Å². The lowest BCUT2D eigenvalue weighted by Crippen LogP contribution is -2.47. The van der Waals surface area contributed by atoms with Crippen LogP contribution in [0.3, 0.4) is 0 Å². The lowest BCUT2D eigenvalue weighted by Gasteiger charge is -2.32. The molecule has 0 bridgehead atoms. The Morgan fingerprint density at radius 3 is 2.96 bits per heavy atom. The quantitative estimate of drug-likeness (QED) is 0.520. The third-order valence-electron chi connectivity index (χ3n) is 6.00. The van der Waals surface area contributed by atoms with E-state index in [4.69, 9.17) is 10.7 Å². The first-order chi connectivity index (χ1) is 11.9. The molecule has 1 aliphatic heterocycles. The fourth-order valence-electron chi connectivity index (χ4n) is 4.51. The van der Waals surface area contributed by atoms with E-state index in [-0.39, 0.29) is 18.3 Å². The number of rotatable bonds is 7. The fourth-order valence-corrected chi connectivity index (χ4v) is 4.51. The highest BCUT2D eigenvalue weighted by Crippen LogP contribution is 2.48. The highest BCUT2D eigenvalue weighted by Gasteiger charge is 2.48. The van der Waals surface area contributed by atoms with Gasteiger partial charge in [-0.3, -0.25) is 0 Å². The number of aldehydes is 1. The van der Waals surface area contributed by atoms with Crippen LogP contribution in [0.4, 0.5) is 0 Å². The van der Waals surface area contributed by atoms with Crippen LogP contribution in [0.5, 0.6) is 0 Å². The molecule has 6 nitrogen and oxygen atoms in total. The molecule has 3 rings (SSSR count). The monoisotopic (exact) mass is 348 g/mol. The minimum atomic E-state index is -0.313. The van der Waals surface area contributed by atoms with Crippen LogP contribution >= 0.6 is 0 Å². The van der Waals surface area contributed by atoms with E-state index in [2.05, 4.69) is 24.5 Å². The lowest BCUT2D eigenvalue weighted by molar-refractivity contribution is -0.108. The van der Waals surface area contributed by atoms with Gasteiger partial charge in [0.25, 0.3) is 0 Å². The Hall–Kier alpha value is -1.40. The molecule has 4 unspecified atom stereocenters. The van der Waals surface area contributed by atoms with Gasteiger partial charge >= 0.3 is 0 Å². The summed E-state index contributed by atoms with van der Waals surface area (Å²) in [6.07, 6.45) is 8.61. The van der Waals surface area contributed by atoms with Crippen molar-refractivity contribution in [2.75, 3.05) is 6.61 Å². The van der Waals surface area contributed by atoms with Crippen LogP contribution in [0.15, 0.2) is 16.8 Å². The third-order valence-corrected chi connectivity index (χ3v) is 6.00. The molecule has 0 radical (unpaired) electrons.